The zero-order chi connectivity index (χ0) is 19.5. The lowest BCUT2D eigenvalue weighted by Crippen LogP contribution is -2.19. The van der Waals surface area contributed by atoms with E-state index in [4.69, 9.17) is 11.6 Å². The molecule has 0 spiro atoms. The van der Waals surface area contributed by atoms with Crippen LogP contribution in [-0.4, -0.2) is 36.2 Å². The number of anilines is 1. The van der Waals surface area contributed by atoms with E-state index in [0.29, 0.717) is 22.0 Å². The molecule has 1 amide bonds. The molecule has 1 fully saturated rings. The van der Waals surface area contributed by atoms with Crippen LogP contribution in [0.15, 0.2) is 41.7 Å². The molecular formula is C19H21ClN6OS. The first-order chi connectivity index (χ1) is 13.6. The van der Waals surface area contributed by atoms with Gasteiger partial charge in [-0.25, -0.2) is 4.68 Å². The minimum atomic E-state index is -0.0907. The average molecular weight is 417 g/mol. The zero-order valence-corrected chi connectivity index (χ0v) is 17.1. The highest BCUT2D eigenvalue weighted by Crippen LogP contribution is 2.31. The first-order valence-electron chi connectivity index (χ1n) is 9.24. The van der Waals surface area contributed by atoms with Crippen LogP contribution in [0, 0.1) is 0 Å². The molecule has 0 radical (unpaired) electrons. The van der Waals surface area contributed by atoms with Crippen LogP contribution in [0.1, 0.15) is 31.7 Å². The number of nitrogens with zero attached hydrogens (tertiary/aromatic N) is 5. The van der Waals surface area contributed by atoms with Crippen LogP contribution >= 0.6 is 23.4 Å². The van der Waals surface area contributed by atoms with Crippen molar-refractivity contribution in [2.24, 2.45) is 7.05 Å². The first-order valence-corrected chi connectivity index (χ1v) is 10.6. The molecule has 1 N–H and O–H groups in total. The number of nitrogens with one attached hydrogen (secondary N) is 1. The highest BCUT2D eigenvalue weighted by atomic mass is 35.5. The normalized spacial score (nSPS) is 14.5. The molecule has 1 aromatic carbocycles. The Bertz CT molecular complexity index is 978. The Hall–Kier alpha value is -2.32. The minimum absolute atomic E-state index is 0.0907. The number of benzene rings is 1. The van der Waals surface area contributed by atoms with Crippen LogP contribution in [0.4, 0.5) is 5.82 Å². The van der Waals surface area contributed by atoms with E-state index in [0.717, 1.165) is 24.2 Å². The van der Waals surface area contributed by atoms with E-state index in [1.807, 2.05) is 46.6 Å². The van der Waals surface area contributed by atoms with Crippen molar-refractivity contribution in [3.8, 4) is 11.4 Å². The van der Waals surface area contributed by atoms with Crippen molar-refractivity contribution in [3.63, 3.8) is 0 Å². The number of carbonyl (C=O) groups excluding carboxylic acids is 1. The predicted molar refractivity (Wildman–Crippen MR) is 111 cm³/mol. The summed E-state index contributed by atoms with van der Waals surface area (Å²) in [7, 11) is 1.87. The van der Waals surface area contributed by atoms with Gasteiger partial charge in [-0.15, -0.1) is 10.2 Å². The van der Waals surface area contributed by atoms with Gasteiger partial charge in [-0.05, 0) is 25.0 Å². The van der Waals surface area contributed by atoms with E-state index < -0.39 is 0 Å². The molecule has 0 unspecified atom stereocenters. The predicted octanol–water partition coefficient (Wildman–Crippen LogP) is 4.18. The van der Waals surface area contributed by atoms with Crippen LogP contribution in [0.25, 0.3) is 11.4 Å². The highest BCUT2D eigenvalue weighted by molar-refractivity contribution is 7.99. The quantitative estimate of drug-likeness (QED) is 0.610. The minimum Gasteiger partial charge on any atom is -0.310 e. The maximum absolute atomic E-state index is 12.4. The van der Waals surface area contributed by atoms with Gasteiger partial charge in [0.25, 0.3) is 0 Å². The van der Waals surface area contributed by atoms with E-state index in [1.165, 1.54) is 24.6 Å². The SMILES string of the molecule is Cn1c(SCC(=O)Nc2ccnn2C2CCCC2)nnc1-c1ccccc1Cl. The monoisotopic (exact) mass is 416 g/mol. The molecule has 1 saturated carbocycles. The summed E-state index contributed by atoms with van der Waals surface area (Å²) in [5.41, 5.74) is 0.816. The van der Waals surface area contributed by atoms with Crippen molar-refractivity contribution in [1.29, 1.82) is 0 Å². The van der Waals surface area contributed by atoms with Gasteiger partial charge in [0.15, 0.2) is 11.0 Å². The van der Waals surface area contributed by atoms with E-state index in [2.05, 4.69) is 20.6 Å². The summed E-state index contributed by atoms with van der Waals surface area (Å²) >= 11 is 7.60. The van der Waals surface area contributed by atoms with Gasteiger partial charge in [-0.3, -0.25) is 4.79 Å². The third kappa shape index (κ3) is 3.93. The van der Waals surface area contributed by atoms with Gasteiger partial charge in [-0.2, -0.15) is 5.10 Å². The summed E-state index contributed by atoms with van der Waals surface area (Å²) in [5, 5.41) is 17.1. The number of rotatable bonds is 6. The second-order valence-electron chi connectivity index (χ2n) is 6.78. The lowest BCUT2D eigenvalue weighted by Gasteiger charge is -2.14. The molecule has 7 nitrogen and oxygen atoms in total. The van der Waals surface area contributed by atoms with E-state index in [1.54, 1.807) is 6.20 Å². The number of hydrogen-bond acceptors (Lipinski definition) is 5. The van der Waals surface area contributed by atoms with Crippen molar-refractivity contribution < 1.29 is 4.79 Å². The number of thioether (sulfide) groups is 1. The van der Waals surface area contributed by atoms with Gasteiger partial charge in [0, 0.05) is 18.7 Å². The Morgan fingerprint density at radius 3 is 2.82 bits per heavy atom. The second kappa shape index (κ2) is 8.36. The third-order valence-corrected chi connectivity index (χ3v) is 6.24. The number of hydrogen-bond donors (Lipinski definition) is 1. The number of amides is 1. The Morgan fingerprint density at radius 2 is 2.04 bits per heavy atom. The van der Waals surface area contributed by atoms with Crippen LogP contribution in [0.5, 0.6) is 0 Å². The molecule has 146 valence electrons. The Morgan fingerprint density at radius 1 is 1.25 bits per heavy atom. The maximum Gasteiger partial charge on any atom is 0.235 e. The van der Waals surface area contributed by atoms with Gasteiger partial charge >= 0.3 is 0 Å². The summed E-state index contributed by atoms with van der Waals surface area (Å²) in [6.07, 6.45) is 6.40. The first kappa shape index (κ1) is 19.0. The largest absolute Gasteiger partial charge is 0.310 e. The summed E-state index contributed by atoms with van der Waals surface area (Å²) in [4.78, 5) is 12.4. The molecule has 0 atom stereocenters. The van der Waals surface area contributed by atoms with Crippen LogP contribution in [-0.2, 0) is 11.8 Å². The number of carbonyl (C=O) groups is 1. The van der Waals surface area contributed by atoms with Crippen molar-refractivity contribution in [1.82, 2.24) is 24.5 Å². The van der Waals surface area contributed by atoms with Gasteiger partial charge < -0.3 is 9.88 Å². The van der Waals surface area contributed by atoms with Gasteiger partial charge in [0.1, 0.15) is 5.82 Å². The maximum atomic E-state index is 12.4. The number of aromatic nitrogens is 5. The van der Waals surface area contributed by atoms with Gasteiger partial charge in [0.05, 0.1) is 23.0 Å². The van der Waals surface area contributed by atoms with Crippen LogP contribution < -0.4 is 5.32 Å². The topological polar surface area (TPSA) is 77.6 Å². The molecule has 0 bridgehead atoms. The number of halogens is 1. The smallest absolute Gasteiger partial charge is 0.235 e. The fourth-order valence-electron chi connectivity index (χ4n) is 3.48. The van der Waals surface area contributed by atoms with Crippen molar-refractivity contribution in [2.75, 3.05) is 11.1 Å². The molecule has 4 rings (SSSR count). The third-order valence-electron chi connectivity index (χ3n) is 4.89. The fourth-order valence-corrected chi connectivity index (χ4v) is 4.41. The van der Waals surface area contributed by atoms with Crippen molar-refractivity contribution in [3.05, 3.63) is 41.6 Å². The molecular weight excluding hydrogens is 396 g/mol. The Balaban J connectivity index is 1.40. The molecule has 28 heavy (non-hydrogen) atoms. The Kier molecular flexibility index (Phi) is 5.68. The lowest BCUT2D eigenvalue weighted by atomic mass is 10.2. The van der Waals surface area contributed by atoms with Crippen LogP contribution in [0.2, 0.25) is 5.02 Å². The standard InChI is InChI=1S/C19H21ClN6OS/c1-25-18(14-8-4-5-9-15(14)20)23-24-19(25)28-12-17(27)22-16-10-11-21-26(16)13-6-2-3-7-13/h4-5,8-11,13H,2-3,6-7,12H2,1H3,(H,22,27). The second-order valence-corrected chi connectivity index (χ2v) is 8.13. The van der Waals surface area contributed by atoms with Gasteiger partial charge in [0.2, 0.25) is 5.91 Å². The van der Waals surface area contributed by atoms with Crippen molar-refractivity contribution >= 4 is 35.1 Å². The van der Waals surface area contributed by atoms with E-state index in [9.17, 15) is 4.79 Å². The molecule has 2 heterocycles. The average Bonchev–Trinajstić information content (AvgIpc) is 3.42. The highest BCUT2D eigenvalue weighted by Gasteiger charge is 2.21. The molecule has 9 heteroatoms. The zero-order valence-electron chi connectivity index (χ0n) is 15.5. The summed E-state index contributed by atoms with van der Waals surface area (Å²) < 4.78 is 3.79. The molecule has 0 aliphatic heterocycles. The molecule has 1 aliphatic carbocycles. The van der Waals surface area contributed by atoms with Crippen molar-refractivity contribution in [2.45, 2.75) is 36.9 Å². The molecule has 1 aliphatic rings. The summed E-state index contributed by atoms with van der Waals surface area (Å²) in [6, 6.07) is 9.73. The fraction of sp³-hybridized carbons (Fsp3) is 0.368. The summed E-state index contributed by atoms with van der Waals surface area (Å²) in [6.45, 7) is 0. The Labute approximate surface area is 172 Å². The summed E-state index contributed by atoms with van der Waals surface area (Å²) in [5.74, 6) is 1.58. The van der Waals surface area contributed by atoms with E-state index >= 15 is 0 Å². The molecule has 3 aromatic rings. The lowest BCUT2D eigenvalue weighted by molar-refractivity contribution is -0.113. The molecule has 0 saturated heterocycles. The van der Waals surface area contributed by atoms with E-state index in [-0.39, 0.29) is 11.7 Å². The van der Waals surface area contributed by atoms with Gasteiger partial charge in [-0.1, -0.05) is 48.3 Å². The van der Waals surface area contributed by atoms with Crippen LogP contribution in [0.3, 0.4) is 0 Å². The molecule has 2 aromatic heterocycles.